The lowest BCUT2D eigenvalue weighted by Gasteiger charge is -2.36. The second-order valence-electron chi connectivity index (χ2n) is 7.83. The number of halogens is 3. The molecule has 0 radical (unpaired) electrons. The average Bonchev–Trinajstić information content (AvgIpc) is 2.73. The van der Waals surface area contributed by atoms with E-state index in [9.17, 15) is 36.3 Å². The van der Waals surface area contributed by atoms with Gasteiger partial charge >= 0.3 is 18.1 Å². The van der Waals surface area contributed by atoms with Gasteiger partial charge in [-0.05, 0) is 39.0 Å². The van der Waals surface area contributed by atoms with Crippen LogP contribution >= 0.6 is 0 Å². The molecule has 1 aliphatic rings. The van der Waals surface area contributed by atoms with E-state index in [1.165, 1.54) is 19.1 Å². The third-order valence-electron chi connectivity index (χ3n) is 4.66. The number of benzene rings is 1. The molecule has 15 heteroatoms. The number of carbonyl (C=O) groups is 3. The number of alkyl halides is 3. The van der Waals surface area contributed by atoms with Crippen molar-refractivity contribution in [2.75, 3.05) is 48.1 Å². The van der Waals surface area contributed by atoms with Crippen molar-refractivity contribution in [2.24, 2.45) is 0 Å². The minimum atomic E-state index is -5.08. The quantitative estimate of drug-likeness (QED) is 0.393. The van der Waals surface area contributed by atoms with E-state index < -0.39 is 28.1 Å². The molecule has 2 rings (SSSR count). The fourth-order valence-electron chi connectivity index (χ4n) is 2.98. The van der Waals surface area contributed by atoms with Crippen LogP contribution < -0.4 is 14.9 Å². The summed E-state index contributed by atoms with van der Waals surface area (Å²) < 4.78 is 58.3. The Morgan fingerprint density at radius 2 is 1.63 bits per heavy atom. The van der Waals surface area contributed by atoms with Crippen molar-refractivity contribution in [3.05, 3.63) is 23.8 Å². The van der Waals surface area contributed by atoms with Crippen molar-refractivity contribution < 1.29 is 46.2 Å². The molecule has 1 aromatic carbocycles. The molecule has 1 aromatic rings. The van der Waals surface area contributed by atoms with Gasteiger partial charge in [0.25, 0.3) is 0 Å². The maximum absolute atomic E-state index is 12.0. The van der Waals surface area contributed by atoms with E-state index in [0.717, 1.165) is 0 Å². The molecule has 1 saturated heterocycles. The Morgan fingerprint density at radius 3 is 2.06 bits per heavy atom. The number of carbonyl (C=O) groups excluding carboxylic acids is 1. The molecule has 0 saturated carbocycles. The summed E-state index contributed by atoms with van der Waals surface area (Å²) in [4.78, 5) is 36.1. The predicted octanol–water partition coefficient (Wildman–Crippen LogP) is 1.43. The van der Waals surface area contributed by atoms with Crippen LogP contribution in [0.5, 0.6) is 0 Å². The van der Waals surface area contributed by atoms with Gasteiger partial charge in [-0.3, -0.25) is 14.4 Å². The number of aliphatic carboxylic acids is 1. The highest BCUT2D eigenvalue weighted by atomic mass is 32.2. The number of aromatic carboxylic acids is 1. The Bertz CT molecular complexity index is 1010. The number of amides is 1. The van der Waals surface area contributed by atoms with Crippen molar-refractivity contribution in [3.63, 3.8) is 0 Å². The van der Waals surface area contributed by atoms with Gasteiger partial charge in [-0.1, -0.05) is 0 Å². The minimum absolute atomic E-state index is 0.0153. The molecular formula is C20H29F3N4O7S. The summed E-state index contributed by atoms with van der Waals surface area (Å²) >= 11 is 0. The zero-order chi connectivity index (χ0) is 27.0. The third-order valence-corrected chi connectivity index (χ3v) is 5.95. The number of piperazine rings is 1. The smallest absolute Gasteiger partial charge is 0.478 e. The van der Waals surface area contributed by atoms with Gasteiger partial charge in [-0.15, -0.1) is 0 Å². The van der Waals surface area contributed by atoms with Gasteiger partial charge in [-0.25, -0.2) is 18.0 Å². The van der Waals surface area contributed by atoms with Crippen molar-refractivity contribution in [2.45, 2.75) is 33.0 Å². The largest absolute Gasteiger partial charge is 0.490 e. The average molecular weight is 527 g/mol. The van der Waals surface area contributed by atoms with Crippen molar-refractivity contribution in [3.8, 4) is 0 Å². The SMILES string of the molecule is CCS(=O)(=O)Nc1cc(C(=O)O)ccc1N1CCN(CC(=O)NC(C)C)CC1.O=C(O)C(F)(F)F. The number of hydrogen-bond donors (Lipinski definition) is 4. The molecule has 4 N–H and O–H groups in total. The number of rotatable bonds is 8. The first-order chi connectivity index (χ1) is 16.1. The summed E-state index contributed by atoms with van der Waals surface area (Å²) in [6.45, 7) is 8.15. The van der Waals surface area contributed by atoms with Gasteiger partial charge in [0.05, 0.1) is 29.2 Å². The topological polar surface area (TPSA) is 156 Å². The lowest BCUT2D eigenvalue weighted by Crippen LogP contribution is -2.50. The lowest BCUT2D eigenvalue weighted by molar-refractivity contribution is -0.192. The predicted molar refractivity (Wildman–Crippen MR) is 122 cm³/mol. The summed E-state index contributed by atoms with van der Waals surface area (Å²) in [7, 11) is -3.55. The van der Waals surface area contributed by atoms with Gasteiger partial charge in [-0.2, -0.15) is 13.2 Å². The maximum Gasteiger partial charge on any atom is 0.490 e. The molecule has 0 aromatic heterocycles. The molecule has 1 aliphatic heterocycles. The van der Waals surface area contributed by atoms with Crippen LogP contribution in [0, 0.1) is 0 Å². The molecule has 0 aliphatic carbocycles. The van der Waals surface area contributed by atoms with Gasteiger partial charge in [0, 0.05) is 32.2 Å². The summed E-state index contributed by atoms with van der Waals surface area (Å²) in [6.07, 6.45) is -5.08. The summed E-state index contributed by atoms with van der Waals surface area (Å²) in [5, 5.41) is 19.2. The van der Waals surface area contributed by atoms with E-state index in [1.807, 2.05) is 23.6 Å². The molecule has 198 valence electrons. The molecule has 1 heterocycles. The molecule has 0 bridgehead atoms. The van der Waals surface area contributed by atoms with Crippen molar-refractivity contribution in [1.82, 2.24) is 10.2 Å². The first-order valence-electron chi connectivity index (χ1n) is 10.5. The van der Waals surface area contributed by atoms with Crippen LogP contribution in [0.15, 0.2) is 18.2 Å². The summed E-state index contributed by atoms with van der Waals surface area (Å²) in [5.74, 6) is -4.01. The number of nitrogens with one attached hydrogen (secondary N) is 2. The Morgan fingerprint density at radius 1 is 1.09 bits per heavy atom. The van der Waals surface area contributed by atoms with Crippen LogP contribution in [-0.4, -0.2) is 92.1 Å². The molecule has 35 heavy (non-hydrogen) atoms. The molecular weight excluding hydrogens is 497 g/mol. The summed E-state index contributed by atoms with van der Waals surface area (Å²) in [5.41, 5.74) is 0.905. The van der Waals surface area contributed by atoms with Gasteiger partial charge in [0.2, 0.25) is 15.9 Å². The fraction of sp³-hybridized carbons (Fsp3) is 0.550. The van der Waals surface area contributed by atoms with Crippen LogP contribution in [0.4, 0.5) is 24.5 Å². The second kappa shape index (κ2) is 12.6. The lowest BCUT2D eigenvalue weighted by atomic mass is 10.1. The Kier molecular flexibility index (Phi) is 10.8. The van der Waals surface area contributed by atoms with E-state index in [2.05, 4.69) is 10.0 Å². The van der Waals surface area contributed by atoms with E-state index in [1.54, 1.807) is 6.07 Å². The molecule has 1 fully saturated rings. The normalized spacial score (nSPS) is 14.7. The zero-order valence-electron chi connectivity index (χ0n) is 19.4. The Balaban J connectivity index is 0.000000762. The summed E-state index contributed by atoms with van der Waals surface area (Å²) in [6, 6.07) is 4.52. The minimum Gasteiger partial charge on any atom is -0.478 e. The van der Waals surface area contributed by atoms with E-state index in [-0.39, 0.29) is 29.0 Å². The van der Waals surface area contributed by atoms with Gasteiger partial charge in [0.15, 0.2) is 0 Å². The molecule has 0 spiro atoms. The van der Waals surface area contributed by atoms with Crippen LogP contribution in [0.2, 0.25) is 0 Å². The number of nitrogens with zero attached hydrogens (tertiary/aromatic N) is 2. The van der Waals surface area contributed by atoms with E-state index in [0.29, 0.717) is 38.4 Å². The molecule has 0 atom stereocenters. The van der Waals surface area contributed by atoms with Crippen molar-refractivity contribution >= 4 is 39.2 Å². The highest BCUT2D eigenvalue weighted by Gasteiger charge is 2.38. The van der Waals surface area contributed by atoms with E-state index >= 15 is 0 Å². The van der Waals surface area contributed by atoms with Gasteiger partial charge < -0.3 is 20.4 Å². The van der Waals surface area contributed by atoms with Crippen LogP contribution in [-0.2, 0) is 19.6 Å². The van der Waals surface area contributed by atoms with Crippen molar-refractivity contribution in [1.29, 1.82) is 0 Å². The zero-order valence-corrected chi connectivity index (χ0v) is 20.2. The highest BCUT2D eigenvalue weighted by Crippen LogP contribution is 2.29. The van der Waals surface area contributed by atoms with Crippen LogP contribution in [0.3, 0.4) is 0 Å². The fourth-order valence-corrected chi connectivity index (χ4v) is 3.63. The Hall–Kier alpha value is -3.07. The number of sulfonamides is 1. The second-order valence-corrected chi connectivity index (χ2v) is 9.84. The van der Waals surface area contributed by atoms with Crippen LogP contribution in [0.1, 0.15) is 31.1 Å². The number of anilines is 2. The molecule has 11 nitrogen and oxygen atoms in total. The first-order valence-corrected chi connectivity index (χ1v) is 12.2. The monoisotopic (exact) mass is 526 g/mol. The third kappa shape index (κ3) is 10.4. The maximum atomic E-state index is 12.0. The number of hydrogen-bond acceptors (Lipinski definition) is 7. The molecule has 1 amide bonds. The highest BCUT2D eigenvalue weighted by molar-refractivity contribution is 7.92. The van der Waals surface area contributed by atoms with Gasteiger partial charge in [0.1, 0.15) is 0 Å². The first kappa shape index (κ1) is 30.0. The van der Waals surface area contributed by atoms with E-state index in [4.69, 9.17) is 9.90 Å². The Labute approximate surface area is 200 Å². The van der Waals surface area contributed by atoms with Crippen LogP contribution in [0.25, 0.3) is 0 Å². The molecule has 0 unspecified atom stereocenters. The standard InChI is InChI=1S/C18H28N4O5S.C2HF3O2/c1-4-28(26,27)20-15-11-14(18(24)25)5-6-16(15)22-9-7-21(8-10-22)12-17(23)19-13(2)3;3-2(4,5)1(6)7/h5-6,11,13,20H,4,7-10,12H2,1-3H3,(H,19,23)(H,24,25);(H,6,7). The number of carboxylic acid groups (broad SMARTS) is 2. The number of carboxylic acids is 2.